The molecule has 1 aliphatic rings. The van der Waals surface area contributed by atoms with Crippen LogP contribution in [0.4, 0.5) is 0 Å². The first-order valence-corrected chi connectivity index (χ1v) is 9.47. The summed E-state index contributed by atoms with van der Waals surface area (Å²) in [5.74, 6) is 0.0978. The zero-order chi connectivity index (χ0) is 17.6. The van der Waals surface area contributed by atoms with Gasteiger partial charge in [0, 0.05) is 18.0 Å². The molecule has 1 aliphatic heterocycles. The van der Waals surface area contributed by atoms with Crippen molar-refractivity contribution >= 4 is 8.53 Å². The molecule has 7 heteroatoms. The van der Waals surface area contributed by atoms with Crippen molar-refractivity contribution in [2.45, 2.75) is 78.4 Å². The predicted molar refractivity (Wildman–Crippen MR) is 90.7 cm³/mol. The Kier molecular flexibility index (Phi) is 8.92. The fourth-order valence-corrected chi connectivity index (χ4v) is 4.30. The Balaban J connectivity index is 2.67. The maximum atomic E-state index is 10.2. The van der Waals surface area contributed by atoms with Crippen molar-refractivity contribution in [3.05, 3.63) is 0 Å². The number of aliphatic hydroxyl groups excluding tert-OH is 1. The first-order chi connectivity index (χ1) is 10.8. The van der Waals surface area contributed by atoms with Gasteiger partial charge in [0.1, 0.15) is 6.10 Å². The molecule has 0 spiro atoms. The van der Waals surface area contributed by atoms with E-state index in [2.05, 4.69) is 38.4 Å². The third-order valence-corrected chi connectivity index (χ3v) is 6.14. The summed E-state index contributed by atoms with van der Waals surface area (Å²) in [6.07, 6.45) is -0.489. The van der Waals surface area contributed by atoms with Crippen molar-refractivity contribution in [2.75, 3.05) is 13.2 Å². The van der Waals surface area contributed by atoms with Gasteiger partial charge in [0.25, 0.3) is 8.53 Å². The van der Waals surface area contributed by atoms with Gasteiger partial charge in [-0.25, -0.2) is 4.67 Å². The van der Waals surface area contributed by atoms with E-state index in [1.54, 1.807) is 0 Å². The molecule has 0 aromatic rings. The Morgan fingerprint density at radius 3 is 2.26 bits per heavy atom. The molecule has 134 valence electrons. The summed E-state index contributed by atoms with van der Waals surface area (Å²) in [6, 6.07) is 2.60. The van der Waals surface area contributed by atoms with Gasteiger partial charge in [0.15, 0.2) is 0 Å². The monoisotopic (exact) mass is 346 g/mol. The number of nitrogens with zero attached hydrogens (tertiary/aromatic N) is 2. The van der Waals surface area contributed by atoms with Crippen LogP contribution in [0, 0.1) is 17.2 Å². The zero-order valence-corrected chi connectivity index (χ0v) is 16.0. The average Bonchev–Trinajstić information content (AvgIpc) is 2.71. The minimum Gasteiger partial charge on any atom is -0.390 e. The molecule has 1 rings (SSSR count). The van der Waals surface area contributed by atoms with E-state index in [1.165, 1.54) is 0 Å². The van der Waals surface area contributed by atoms with Crippen LogP contribution in [0.15, 0.2) is 0 Å². The average molecular weight is 346 g/mol. The van der Waals surface area contributed by atoms with Crippen LogP contribution in [0.2, 0.25) is 0 Å². The molecule has 1 N–H and O–H groups in total. The minimum atomic E-state index is -1.29. The van der Waals surface area contributed by atoms with Crippen LogP contribution in [0.1, 0.15) is 48.0 Å². The van der Waals surface area contributed by atoms with Crippen molar-refractivity contribution < 1.29 is 18.9 Å². The van der Waals surface area contributed by atoms with Gasteiger partial charge in [0.2, 0.25) is 0 Å². The lowest BCUT2D eigenvalue weighted by molar-refractivity contribution is -0.0145. The van der Waals surface area contributed by atoms with Gasteiger partial charge >= 0.3 is 0 Å². The van der Waals surface area contributed by atoms with E-state index in [0.29, 0.717) is 19.6 Å². The van der Waals surface area contributed by atoms with Gasteiger partial charge in [-0.15, -0.1) is 0 Å². The molecular weight excluding hydrogens is 315 g/mol. The largest absolute Gasteiger partial charge is 0.390 e. The molecule has 1 fully saturated rings. The van der Waals surface area contributed by atoms with E-state index in [0.717, 1.165) is 0 Å². The highest BCUT2D eigenvalue weighted by atomic mass is 31.2. The third-order valence-electron chi connectivity index (χ3n) is 4.06. The maximum Gasteiger partial charge on any atom is 0.259 e. The Hall–Kier alpha value is -0.280. The lowest BCUT2D eigenvalue weighted by atomic mass is 10.00. The second kappa shape index (κ2) is 9.88. The first-order valence-electron chi connectivity index (χ1n) is 8.34. The summed E-state index contributed by atoms with van der Waals surface area (Å²) in [7, 11) is -1.29. The fourth-order valence-electron chi connectivity index (χ4n) is 2.68. The highest BCUT2D eigenvalue weighted by Gasteiger charge is 2.39. The summed E-state index contributed by atoms with van der Waals surface area (Å²) >= 11 is 0. The number of nitriles is 1. The molecule has 6 nitrogen and oxygen atoms in total. The van der Waals surface area contributed by atoms with Crippen molar-refractivity contribution in [1.82, 2.24) is 4.67 Å². The summed E-state index contributed by atoms with van der Waals surface area (Å²) in [4.78, 5) is 0. The van der Waals surface area contributed by atoms with E-state index in [-0.39, 0.29) is 30.2 Å². The summed E-state index contributed by atoms with van der Waals surface area (Å²) in [6.45, 7) is 13.0. The van der Waals surface area contributed by atoms with Gasteiger partial charge in [-0.1, -0.05) is 6.92 Å². The van der Waals surface area contributed by atoms with Gasteiger partial charge < -0.3 is 18.9 Å². The van der Waals surface area contributed by atoms with Crippen molar-refractivity contribution in [3.8, 4) is 6.07 Å². The molecule has 0 aliphatic carbocycles. The lowest BCUT2D eigenvalue weighted by Crippen LogP contribution is -2.35. The van der Waals surface area contributed by atoms with E-state index < -0.39 is 14.6 Å². The number of rotatable bonds is 9. The van der Waals surface area contributed by atoms with Crippen molar-refractivity contribution in [2.24, 2.45) is 5.92 Å². The quantitative estimate of drug-likeness (QED) is 0.511. The summed E-state index contributed by atoms with van der Waals surface area (Å²) < 4.78 is 19.8. The first kappa shape index (κ1) is 20.8. The minimum absolute atomic E-state index is 0.0237. The Morgan fingerprint density at radius 1 is 1.22 bits per heavy atom. The molecule has 0 aromatic heterocycles. The zero-order valence-electron chi connectivity index (χ0n) is 15.1. The number of hydrogen-bond donors (Lipinski definition) is 1. The van der Waals surface area contributed by atoms with Crippen LogP contribution < -0.4 is 0 Å². The second-order valence-electron chi connectivity index (χ2n) is 6.57. The van der Waals surface area contributed by atoms with Crippen molar-refractivity contribution in [1.29, 1.82) is 5.26 Å². The van der Waals surface area contributed by atoms with Crippen molar-refractivity contribution in [3.63, 3.8) is 0 Å². The van der Waals surface area contributed by atoms with Crippen LogP contribution in [-0.2, 0) is 13.8 Å². The highest BCUT2D eigenvalue weighted by molar-refractivity contribution is 7.44. The molecule has 0 aromatic carbocycles. The van der Waals surface area contributed by atoms with Crippen LogP contribution in [0.3, 0.4) is 0 Å². The molecule has 0 saturated carbocycles. The maximum absolute atomic E-state index is 10.2. The molecule has 0 amide bonds. The molecular formula is C16H31N2O4P. The predicted octanol–water partition coefficient (Wildman–Crippen LogP) is 3.06. The lowest BCUT2D eigenvalue weighted by Gasteiger charge is -2.36. The van der Waals surface area contributed by atoms with Gasteiger partial charge in [-0.05, 0) is 34.6 Å². The van der Waals surface area contributed by atoms with Gasteiger partial charge in [0.05, 0.1) is 37.9 Å². The molecule has 0 radical (unpaired) electrons. The SMILES string of the molecule is CC(C)N(C(C)C)P(OCCC#N)OC[C@H]1O[C@@H](C)[C@H](C)[C@@H]1O. The van der Waals surface area contributed by atoms with Gasteiger partial charge in [-0.2, -0.15) is 5.26 Å². The number of ether oxygens (including phenoxy) is 1. The molecule has 1 heterocycles. The standard InChI is InChI=1S/C16H31N2O4P/c1-11(2)18(12(3)4)23(20-9-7-8-17)21-10-15-16(19)13(5)14(6)22-15/h11-16,19H,7,9-10H2,1-6H3/t13-,14-,15+,16-,23?/m0/s1. The Labute approximate surface area is 141 Å². The van der Waals surface area contributed by atoms with E-state index in [1.807, 2.05) is 13.8 Å². The van der Waals surface area contributed by atoms with E-state index in [9.17, 15) is 5.11 Å². The second-order valence-corrected chi connectivity index (χ2v) is 8.03. The summed E-state index contributed by atoms with van der Waals surface area (Å²) in [5, 5.41) is 18.9. The smallest absolute Gasteiger partial charge is 0.259 e. The van der Waals surface area contributed by atoms with Crippen LogP contribution in [0.25, 0.3) is 0 Å². The number of hydrogen-bond acceptors (Lipinski definition) is 6. The fraction of sp³-hybridized carbons (Fsp3) is 0.938. The van der Waals surface area contributed by atoms with Crippen LogP contribution in [0.5, 0.6) is 0 Å². The molecule has 0 bridgehead atoms. The van der Waals surface area contributed by atoms with Crippen LogP contribution >= 0.6 is 8.53 Å². The van der Waals surface area contributed by atoms with E-state index in [4.69, 9.17) is 19.0 Å². The summed E-state index contributed by atoms with van der Waals surface area (Å²) in [5.41, 5.74) is 0. The molecule has 1 unspecified atom stereocenters. The topological polar surface area (TPSA) is 75.0 Å². The molecule has 23 heavy (non-hydrogen) atoms. The number of aliphatic hydroxyl groups is 1. The Bertz CT molecular complexity index is 381. The van der Waals surface area contributed by atoms with Crippen LogP contribution in [-0.4, -0.2) is 53.4 Å². The van der Waals surface area contributed by atoms with Gasteiger partial charge in [-0.3, -0.25) is 0 Å². The third kappa shape index (κ3) is 5.94. The highest BCUT2D eigenvalue weighted by Crippen LogP contribution is 2.46. The van der Waals surface area contributed by atoms with E-state index >= 15 is 0 Å². The normalized spacial score (nSPS) is 29.4. The Morgan fingerprint density at radius 2 is 1.83 bits per heavy atom. The molecule has 1 saturated heterocycles. The molecule has 5 atom stereocenters.